The summed E-state index contributed by atoms with van der Waals surface area (Å²) in [5, 5.41) is 11.1. The van der Waals surface area contributed by atoms with Gasteiger partial charge in [-0.25, -0.2) is 0 Å². The molecule has 0 N–H and O–H groups in total. The molecule has 1 atom stereocenters. The van der Waals surface area contributed by atoms with Crippen LogP contribution >= 0.6 is 0 Å². The van der Waals surface area contributed by atoms with Crippen LogP contribution in [0.15, 0.2) is 36.4 Å². The van der Waals surface area contributed by atoms with Crippen molar-refractivity contribution in [2.75, 3.05) is 13.2 Å². The molecule has 0 saturated carbocycles. The van der Waals surface area contributed by atoms with E-state index in [0.717, 1.165) is 19.4 Å². The maximum atomic E-state index is 11.1. The lowest BCUT2D eigenvalue weighted by Gasteiger charge is -2.18. The molecule has 1 unspecified atom stereocenters. The van der Waals surface area contributed by atoms with Gasteiger partial charge >= 0.3 is 0 Å². The molecule has 1 aliphatic heterocycles. The van der Waals surface area contributed by atoms with Crippen LogP contribution in [-0.2, 0) is 4.74 Å². The summed E-state index contributed by atoms with van der Waals surface area (Å²) in [6.45, 7) is 1.35. The van der Waals surface area contributed by atoms with Gasteiger partial charge in [0.1, 0.15) is 0 Å². The number of rotatable bonds is 3. The molecule has 17 heavy (non-hydrogen) atoms. The van der Waals surface area contributed by atoms with Gasteiger partial charge in [-0.05, 0) is 31.1 Å². The van der Waals surface area contributed by atoms with Gasteiger partial charge in [-0.3, -0.25) is 10.1 Å². The highest BCUT2D eigenvalue weighted by atomic mass is 16.6. The van der Waals surface area contributed by atoms with Crippen LogP contribution in [0.4, 0.5) is 0 Å². The largest absolute Gasteiger partial charge is 0.381 e. The highest BCUT2D eigenvalue weighted by Gasteiger charge is 2.19. The lowest BCUT2D eigenvalue weighted by molar-refractivity contribution is -0.375. The Kier molecular flexibility index (Phi) is 3.88. The Morgan fingerprint density at radius 3 is 2.76 bits per heavy atom. The van der Waals surface area contributed by atoms with Crippen LogP contribution in [0, 0.1) is 16.0 Å². The maximum absolute atomic E-state index is 11.1. The zero-order valence-electron chi connectivity index (χ0n) is 9.54. The fourth-order valence-electron chi connectivity index (χ4n) is 1.99. The first-order chi connectivity index (χ1) is 8.27. The Labute approximate surface area is 100 Å². The first-order valence-corrected chi connectivity index (χ1v) is 5.77. The number of nitro groups is 1. The second-order valence-electron chi connectivity index (χ2n) is 4.15. The molecule has 0 radical (unpaired) electrons. The Bertz CT molecular complexity index is 408. The normalized spacial score (nSPS) is 21.2. The van der Waals surface area contributed by atoms with E-state index in [0.29, 0.717) is 12.2 Å². The smallest absolute Gasteiger partial charge is 0.272 e. The molecule has 1 fully saturated rings. The summed E-state index contributed by atoms with van der Waals surface area (Å²) in [4.78, 5) is 10.8. The second kappa shape index (κ2) is 5.59. The lowest BCUT2D eigenvalue weighted by Crippen LogP contribution is -2.16. The fraction of sp³-hybridized carbons (Fsp3) is 0.385. The van der Waals surface area contributed by atoms with E-state index in [9.17, 15) is 10.1 Å². The molecule has 0 spiro atoms. The maximum Gasteiger partial charge on any atom is 0.272 e. The van der Waals surface area contributed by atoms with E-state index in [1.807, 2.05) is 18.2 Å². The van der Waals surface area contributed by atoms with E-state index in [1.54, 1.807) is 18.2 Å². The third kappa shape index (κ3) is 3.14. The molecule has 2 rings (SSSR count). The van der Waals surface area contributed by atoms with Crippen LogP contribution in [0.25, 0.3) is 5.70 Å². The predicted molar refractivity (Wildman–Crippen MR) is 65.0 cm³/mol. The van der Waals surface area contributed by atoms with E-state index in [-0.39, 0.29) is 16.5 Å². The van der Waals surface area contributed by atoms with Crippen molar-refractivity contribution in [3.8, 4) is 0 Å². The fourth-order valence-corrected chi connectivity index (χ4v) is 1.99. The number of hydrogen-bond donors (Lipinski definition) is 0. The molecule has 4 nitrogen and oxygen atoms in total. The average Bonchev–Trinajstić information content (AvgIpc) is 2.38. The summed E-state index contributed by atoms with van der Waals surface area (Å²) in [5.74, 6) is 0.157. The first kappa shape index (κ1) is 11.8. The Morgan fingerprint density at radius 1 is 1.41 bits per heavy atom. The van der Waals surface area contributed by atoms with Crippen LogP contribution in [0.2, 0.25) is 0 Å². The second-order valence-corrected chi connectivity index (χ2v) is 4.15. The minimum Gasteiger partial charge on any atom is -0.381 e. The summed E-state index contributed by atoms with van der Waals surface area (Å²) in [5.41, 5.74) is 0.837. The first-order valence-electron chi connectivity index (χ1n) is 5.77. The van der Waals surface area contributed by atoms with Crippen molar-refractivity contribution in [3.63, 3.8) is 0 Å². The standard InChI is InChI=1S/C13H15NO3/c15-14(16)13(12-6-2-1-3-7-12)9-11-5-4-8-17-10-11/h1-3,6-7,9,11H,4-5,8,10H2. The molecule has 1 heterocycles. The topological polar surface area (TPSA) is 52.4 Å². The molecule has 0 aliphatic carbocycles. The van der Waals surface area contributed by atoms with Crippen molar-refractivity contribution < 1.29 is 9.66 Å². The van der Waals surface area contributed by atoms with Gasteiger partial charge in [-0.1, -0.05) is 18.2 Å². The van der Waals surface area contributed by atoms with Crippen molar-refractivity contribution in [2.24, 2.45) is 5.92 Å². The van der Waals surface area contributed by atoms with E-state index < -0.39 is 0 Å². The van der Waals surface area contributed by atoms with Crippen LogP contribution < -0.4 is 0 Å². The van der Waals surface area contributed by atoms with Gasteiger partial charge in [-0.2, -0.15) is 0 Å². The van der Waals surface area contributed by atoms with Crippen molar-refractivity contribution in [1.29, 1.82) is 0 Å². The third-order valence-electron chi connectivity index (χ3n) is 2.86. The number of nitrogens with zero attached hydrogens (tertiary/aromatic N) is 1. The molecule has 1 aromatic rings. The SMILES string of the molecule is O=[N+]([O-])C(=CC1CCCOC1)c1ccccc1. The monoisotopic (exact) mass is 233 g/mol. The zero-order valence-corrected chi connectivity index (χ0v) is 9.54. The van der Waals surface area contributed by atoms with E-state index in [4.69, 9.17) is 4.74 Å². The molecule has 4 heteroatoms. The number of benzene rings is 1. The van der Waals surface area contributed by atoms with Crippen molar-refractivity contribution >= 4 is 5.70 Å². The molecule has 1 aromatic carbocycles. The van der Waals surface area contributed by atoms with E-state index in [1.165, 1.54) is 0 Å². The van der Waals surface area contributed by atoms with Crippen LogP contribution in [-0.4, -0.2) is 18.1 Å². The predicted octanol–water partition coefficient (Wildman–Crippen LogP) is 2.73. The summed E-state index contributed by atoms with van der Waals surface area (Å²) in [6.07, 6.45) is 3.67. The minimum atomic E-state index is -0.316. The molecule has 1 saturated heterocycles. The van der Waals surface area contributed by atoms with Gasteiger partial charge in [0.05, 0.1) is 17.1 Å². The molecular formula is C13H15NO3. The van der Waals surface area contributed by atoms with Gasteiger partial charge in [0.2, 0.25) is 0 Å². The van der Waals surface area contributed by atoms with Gasteiger partial charge in [0.25, 0.3) is 5.70 Å². The third-order valence-corrected chi connectivity index (χ3v) is 2.86. The van der Waals surface area contributed by atoms with E-state index in [2.05, 4.69) is 0 Å². The molecule has 0 aromatic heterocycles. The van der Waals surface area contributed by atoms with Crippen molar-refractivity contribution in [2.45, 2.75) is 12.8 Å². The molecular weight excluding hydrogens is 218 g/mol. The summed E-state index contributed by atoms with van der Waals surface area (Å²) >= 11 is 0. The zero-order chi connectivity index (χ0) is 12.1. The van der Waals surface area contributed by atoms with Gasteiger partial charge in [0.15, 0.2) is 0 Å². The minimum absolute atomic E-state index is 0.157. The Morgan fingerprint density at radius 2 is 2.18 bits per heavy atom. The highest BCUT2D eigenvalue weighted by Crippen LogP contribution is 2.22. The van der Waals surface area contributed by atoms with E-state index >= 15 is 0 Å². The van der Waals surface area contributed by atoms with Crippen LogP contribution in [0.3, 0.4) is 0 Å². The summed E-state index contributed by atoms with van der Waals surface area (Å²) in [6, 6.07) is 9.00. The number of hydrogen-bond acceptors (Lipinski definition) is 3. The van der Waals surface area contributed by atoms with Crippen molar-refractivity contribution in [3.05, 3.63) is 52.1 Å². The average molecular weight is 233 g/mol. The molecule has 90 valence electrons. The Balaban J connectivity index is 2.22. The quantitative estimate of drug-likeness (QED) is 0.595. The Hall–Kier alpha value is -1.68. The van der Waals surface area contributed by atoms with Gasteiger partial charge in [-0.15, -0.1) is 0 Å². The van der Waals surface area contributed by atoms with Crippen LogP contribution in [0.5, 0.6) is 0 Å². The summed E-state index contributed by atoms with van der Waals surface area (Å²) < 4.78 is 5.33. The van der Waals surface area contributed by atoms with Crippen LogP contribution in [0.1, 0.15) is 18.4 Å². The molecule has 0 bridgehead atoms. The summed E-state index contributed by atoms with van der Waals surface area (Å²) in [7, 11) is 0. The molecule has 0 amide bonds. The van der Waals surface area contributed by atoms with Gasteiger partial charge in [0, 0.05) is 12.5 Å². The van der Waals surface area contributed by atoms with Crippen molar-refractivity contribution in [1.82, 2.24) is 0 Å². The highest BCUT2D eigenvalue weighted by molar-refractivity contribution is 5.58. The van der Waals surface area contributed by atoms with Gasteiger partial charge < -0.3 is 4.74 Å². The molecule has 1 aliphatic rings. The number of ether oxygens (including phenoxy) is 1. The lowest BCUT2D eigenvalue weighted by atomic mass is 9.99.